The molecule has 1 fully saturated rings. The second-order valence-electron chi connectivity index (χ2n) is 5.76. The molecule has 1 rings (SSSR count). The van der Waals surface area contributed by atoms with Crippen LogP contribution in [0, 0.1) is 11.8 Å². The molecule has 0 bridgehead atoms. The minimum atomic E-state index is 0.880. The summed E-state index contributed by atoms with van der Waals surface area (Å²) in [6.45, 7) is 6.66. The summed E-state index contributed by atoms with van der Waals surface area (Å²) in [6, 6.07) is 0. The Labute approximate surface area is 108 Å². The Morgan fingerprint density at radius 1 is 0.706 bits per heavy atom. The van der Waals surface area contributed by atoms with E-state index in [0.29, 0.717) is 0 Å². The average Bonchev–Trinajstić information content (AvgIpc) is 2.78. The molecule has 17 heavy (non-hydrogen) atoms. The van der Waals surface area contributed by atoms with Crippen molar-refractivity contribution >= 4 is 0 Å². The highest BCUT2D eigenvalue weighted by atomic mass is 16.5. The van der Waals surface area contributed by atoms with E-state index in [1.165, 1.54) is 64.2 Å². The first-order chi connectivity index (χ1) is 8.38. The highest BCUT2D eigenvalue weighted by Crippen LogP contribution is 2.29. The van der Waals surface area contributed by atoms with Crippen molar-refractivity contribution < 1.29 is 4.74 Å². The topological polar surface area (TPSA) is 9.23 Å². The summed E-state index contributed by atoms with van der Waals surface area (Å²) in [5.41, 5.74) is 0. The molecule has 1 nitrogen and oxygen atoms in total. The maximum absolute atomic E-state index is 5.66. The normalized spacial score (nSPS) is 24.4. The number of hydrogen-bond acceptors (Lipinski definition) is 1. The van der Waals surface area contributed by atoms with E-state index in [-0.39, 0.29) is 0 Å². The van der Waals surface area contributed by atoms with Crippen molar-refractivity contribution in [2.75, 3.05) is 13.2 Å². The predicted octanol–water partition coefficient (Wildman–Crippen LogP) is 5.19. The Bertz CT molecular complexity index is 167. The Morgan fingerprint density at radius 3 is 1.88 bits per heavy atom. The Kier molecular flexibility index (Phi) is 8.78. The van der Waals surface area contributed by atoms with E-state index in [9.17, 15) is 0 Å². The Balaban J connectivity index is 2.00. The maximum atomic E-state index is 5.66. The van der Waals surface area contributed by atoms with E-state index < -0.39 is 0 Å². The zero-order valence-electron chi connectivity index (χ0n) is 12.0. The van der Waals surface area contributed by atoms with Gasteiger partial charge in [0.25, 0.3) is 0 Å². The van der Waals surface area contributed by atoms with Crippen LogP contribution in [0.2, 0.25) is 0 Å². The van der Waals surface area contributed by atoms with Crippen LogP contribution in [-0.2, 0) is 4.74 Å². The number of rotatable bonds is 10. The molecule has 102 valence electrons. The molecule has 0 radical (unpaired) electrons. The summed E-state index contributed by atoms with van der Waals surface area (Å²) in [5, 5.41) is 0. The van der Waals surface area contributed by atoms with Gasteiger partial charge in [0.15, 0.2) is 0 Å². The van der Waals surface area contributed by atoms with E-state index >= 15 is 0 Å². The van der Waals surface area contributed by atoms with Crippen LogP contribution in [0.5, 0.6) is 0 Å². The van der Waals surface area contributed by atoms with Gasteiger partial charge in [0.2, 0.25) is 0 Å². The smallest absolute Gasteiger partial charge is 0.0497 e. The first-order valence-electron chi connectivity index (χ1n) is 7.96. The number of ether oxygens (including phenoxy) is 1. The lowest BCUT2D eigenvalue weighted by atomic mass is 9.87. The third-order valence-electron chi connectivity index (χ3n) is 4.19. The van der Waals surface area contributed by atoms with E-state index in [1.807, 2.05) is 0 Å². The van der Waals surface area contributed by atoms with Gasteiger partial charge in [0.1, 0.15) is 0 Å². The zero-order chi connectivity index (χ0) is 12.3. The van der Waals surface area contributed by atoms with E-state index in [1.54, 1.807) is 0 Å². The molecule has 0 saturated carbocycles. The lowest BCUT2D eigenvalue weighted by Crippen LogP contribution is -2.12. The quantitative estimate of drug-likeness (QED) is 0.477. The molecule has 1 saturated heterocycles. The van der Waals surface area contributed by atoms with Crippen molar-refractivity contribution in [2.24, 2.45) is 11.8 Å². The van der Waals surface area contributed by atoms with Crippen molar-refractivity contribution in [3.63, 3.8) is 0 Å². The summed E-state index contributed by atoms with van der Waals surface area (Å²) in [5.74, 6) is 1.76. The van der Waals surface area contributed by atoms with Crippen molar-refractivity contribution in [1.82, 2.24) is 0 Å². The molecule has 1 aliphatic heterocycles. The van der Waals surface area contributed by atoms with Gasteiger partial charge in [-0.05, 0) is 24.7 Å². The monoisotopic (exact) mass is 240 g/mol. The van der Waals surface area contributed by atoms with Crippen LogP contribution in [0.4, 0.5) is 0 Å². The standard InChI is InChI=1S/C16H32O/c1-3-5-7-8-9-10-12-16-14-17-13-15(16)11-6-4-2/h15-16H,3-14H2,1-2H3. The van der Waals surface area contributed by atoms with Crippen molar-refractivity contribution in [3.8, 4) is 0 Å². The zero-order valence-corrected chi connectivity index (χ0v) is 12.0. The molecule has 1 heteroatoms. The molecule has 0 aromatic carbocycles. The molecule has 2 atom stereocenters. The van der Waals surface area contributed by atoms with Gasteiger partial charge in [0, 0.05) is 13.2 Å². The molecule has 0 spiro atoms. The third kappa shape index (κ3) is 6.45. The molecule has 0 amide bonds. The van der Waals surface area contributed by atoms with Gasteiger partial charge < -0.3 is 4.74 Å². The molecule has 1 aliphatic rings. The van der Waals surface area contributed by atoms with Crippen LogP contribution in [-0.4, -0.2) is 13.2 Å². The predicted molar refractivity (Wildman–Crippen MR) is 75.3 cm³/mol. The van der Waals surface area contributed by atoms with Crippen LogP contribution in [0.25, 0.3) is 0 Å². The van der Waals surface area contributed by atoms with Crippen LogP contribution >= 0.6 is 0 Å². The average molecular weight is 240 g/mol. The van der Waals surface area contributed by atoms with Gasteiger partial charge in [-0.1, -0.05) is 65.2 Å². The minimum absolute atomic E-state index is 0.880. The van der Waals surface area contributed by atoms with Gasteiger partial charge in [-0.2, -0.15) is 0 Å². The van der Waals surface area contributed by atoms with Crippen LogP contribution in [0.1, 0.15) is 78.1 Å². The van der Waals surface area contributed by atoms with Gasteiger partial charge >= 0.3 is 0 Å². The molecular formula is C16H32O. The van der Waals surface area contributed by atoms with Gasteiger partial charge in [0.05, 0.1) is 0 Å². The van der Waals surface area contributed by atoms with E-state index in [4.69, 9.17) is 4.74 Å². The second-order valence-corrected chi connectivity index (χ2v) is 5.76. The molecule has 0 aromatic rings. The Morgan fingerprint density at radius 2 is 1.24 bits per heavy atom. The van der Waals surface area contributed by atoms with Crippen molar-refractivity contribution in [1.29, 1.82) is 0 Å². The van der Waals surface area contributed by atoms with Crippen LogP contribution in [0.3, 0.4) is 0 Å². The highest BCUT2D eigenvalue weighted by Gasteiger charge is 2.26. The summed E-state index contributed by atoms with van der Waals surface area (Å²) in [6.07, 6.45) is 14.1. The molecule has 0 aromatic heterocycles. The summed E-state index contributed by atoms with van der Waals surface area (Å²) >= 11 is 0. The van der Waals surface area contributed by atoms with Crippen LogP contribution < -0.4 is 0 Å². The fraction of sp³-hybridized carbons (Fsp3) is 1.00. The fourth-order valence-corrected chi connectivity index (χ4v) is 2.93. The lowest BCUT2D eigenvalue weighted by Gasteiger charge is -2.16. The minimum Gasteiger partial charge on any atom is -0.381 e. The lowest BCUT2D eigenvalue weighted by molar-refractivity contribution is 0.178. The largest absolute Gasteiger partial charge is 0.381 e. The Hall–Kier alpha value is -0.0400. The van der Waals surface area contributed by atoms with Gasteiger partial charge in [-0.15, -0.1) is 0 Å². The first kappa shape index (κ1) is 15.0. The van der Waals surface area contributed by atoms with Crippen molar-refractivity contribution in [2.45, 2.75) is 78.1 Å². The van der Waals surface area contributed by atoms with Crippen LogP contribution in [0.15, 0.2) is 0 Å². The van der Waals surface area contributed by atoms with E-state index in [0.717, 1.165) is 25.0 Å². The number of unbranched alkanes of at least 4 members (excludes halogenated alkanes) is 6. The summed E-state index contributed by atoms with van der Waals surface area (Å²) in [7, 11) is 0. The van der Waals surface area contributed by atoms with Gasteiger partial charge in [-0.25, -0.2) is 0 Å². The SMILES string of the molecule is CCCCCCCCC1COCC1CCCC. The molecule has 2 unspecified atom stereocenters. The van der Waals surface area contributed by atoms with E-state index in [2.05, 4.69) is 13.8 Å². The maximum Gasteiger partial charge on any atom is 0.0497 e. The fourth-order valence-electron chi connectivity index (χ4n) is 2.93. The summed E-state index contributed by atoms with van der Waals surface area (Å²) < 4.78 is 5.66. The van der Waals surface area contributed by atoms with Crippen molar-refractivity contribution in [3.05, 3.63) is 0 Å². The second kappa shape index (κ2) is 9.94. The molecule has 0 aliphatic carbocycles. The summed E-state index contributed by atoms with van der Waals surface area (Å²) in [4.78, 5) is 0. The molecule has 0 N–H and O–H groups in total. The third-order valence-corrected chi connectivity index (χ3v) is 4.19. The highest BCUT2D eigenvalue weighted by molar-refractivity contribution is 4.75. The first-order valence-corrected chi connectivity index (χ1v) is 7.96. The van der Waals surface area contributed by atoms with Gasteiger partial charge in [-0.3, -0.25) is 0 Å². The molecular weight excluding hydrogens is 208 g/mol. The number of hydrogen-bond donors (Lipinski definition) is 0. The molecule has 1 heterocycles.